The van der Waals surface area contributed by atoms with Crippen molar-refractivity contribution in [2.75, 3.05) is 6.07 Å². The van der Waals surface area contributed by atoms with Gasteiger partial charge in [-0.15, -0.1) is 0 Å². The zero-order valence-corrected chi connectivity index (χ0v) is 5.67. The number of carbonyl (C=O) groups is 2. The summed E-state index contributed by atoms with van der Waals surface area (Å²) >= 11 is 4.99. The Labute approximate surface area is 62.0 Å². The van der Waals surface area contributed by atoms with E-state index in [1.807, 2.05) is 0 Å². The molecule has 0 radical (unpaired) electrons. The lowest BCUT2D eigenvalue weighted by atomic mass is 10.5. The van der Waals surface area contributed by atoms with Gasteiger partial charge in [0.05, 0.1) is 0 Å². The van der Waals surface area contributed by atoms with Crippen LogP contribution in [0.5, 0.6) is 0 Å². The van der Waals surface area contributed by atoms with E-state index in [0.717, 1.165) is 6.08 Å². The zero-order valence-electron chi connectivity index (χ0n) is 4.91. The van der Waals surface area contributed by atoms with E-state index < -0.39 is 11.9 Å². The highest BCUT2D eigenvalue weighted by Crippen LogP contribution is 1.83. The van der Waals surface area contributed by atoms with Gasteiger partial charge in [0.15, 0.2) is 6.07 Å². The second-order valence-corrected chi connectivity index (χ2v) is 1.46. The molecule has 56 valence electrons. The lowest BCUT2D eigenvalue weighted by Crippen LogP contribution is -1.99. The topological polar surface area (TPSA) is 63.6 Å². The largest absolute Gasteiger partial charge is 0.478 e. The van der Waals surface area contributed by atoms with E-state index in [2.05, 4.69) is 4.74 Å². The van der Waals surface area contributed by atoms with Crippen LogP contribution >= 0.6 is 11.6 Å². The molecule has 0 aliphatic heterocycles. The van der Waals surface area contributed by atoms with Crippen molar-refractivity contribution in [3.05, 3.63) is 12.2 Å². The van der Waals surface area contributed by atoms with Gasteiger partial charge in [0.2, 0.25) is 0 Å². The van der Waals surface area contributed by atoms with E-state index in [1.54, 1.807) is 0 Å². The summed E-state index contributed by atoms with van der Waals surface area (Å²) in [7, 11) is 0. The van der Waals surface area contributed by atoms with Crippen LogP contribution in [0.15, 0.2) is 12.2 Å². The summed E-state index contributed by atoms with van der Waals surface area (Å²) in [5.41, 5.74) is 0. The number of rotatable bonds is 3. The number of hydrogen-bond acceptors (Lipinski definition) is 3. The number of carbonyl (C=O) groups excluding carboxylic acids is 1. The van der Waals surface area contributed by atoms with Crippen molar-refractivity contribution in [2.45, 2.75) is 0 Å². The molecule has 0 aromatic carbocycles. The Hall–Kier alpha value is -1.03. The van der Waals surface area contributed by atoms with Gasteiger partial charge in [-0.3, -0.25) is 0 Å². The molecule has 10 heavy (non-hydrogen) atoms. The molecule has 0 fully saturated rings. The third-order valence-corrected chi connectivity index (χ3v) is 0.668. The smallest absolute Gasteiger partial charge is 0.332 e. The summed E-state index contributed by atoms with van der Waals surface area (Å²) < 4.78 is 4.17. The van der Waals surface area contributed by atoms with Crippen molar-refractivity contribution in [1.29, 1.82) is 0 Å². The van der Waals surface area contributed by atoms with Crippen LogP contribution in [0, 0.1) is 0 Å². The molecular formula is C5H5ClO4. The highest BCUT2D eigenvalue weighted by Gasteiger charge is 1.94. The van der Waals surface area contributed by atoms with Crippen molar-refractivity contribution in [3.63, 3.8) is 0 Å². The predicted molar refractivity (Wildman–Crippen MR) is 33.6 cm³/mol. The molecule has 0 bridgehead atoms. The summed E-state index contributed by atoms with van der Waals surface area (Å²) in [6.07, 6.45) is 1.46. The first-order valence-corrected chi connectivity index (χ1v) is 2.84. The maximum absolute atomic E-state index is 10.3. The number of carboxylic acid groups (broad SMARTS) is 1. The molecule has 1 N–H and O–H groups in total. The number of esters is 1. The van der Waals surface area contributed by atoms with Gasteiger partial charge >= 0.3 is 11.9 Å². The molecule has 0 aliphatic rings. The molecular weight excluding hydrogens is 160 g/mol. The van der Waals surface area contributed by atoms with Crippen molar-refractivity contribution < 1.29 is 19.4 Å². The molecule has 0 aliphatic carbocycles. The lowest BCUT2D eigenvalue weighted by Gasteiger charge is -1.90. The molecule has 0 saturated carbocycles. The number of hydrogen-bond donors (Lipinski definition) is 1. The minimum atomic E-state index is -1.20. The molecule has 0 atom stereocenters. The van der Waals surface area contributed by atoms with Crippen LogP contribution in [-0.4, -0.2) is 23.1 Å². The molecule has 0 aromatic heterocycles. The first kappa shape index (κ1) is 8.97. The van der Waals surface area contributed by atoms with Gasteiger partial charge < -0.3 is 9.84 Å². The Balaban J connectivity index is 3.67. The third-order valence-electron chi connectivity index (χ3n) is 0.559. The van der Waals surface area contributed by atoms with E-state index >= 15 is 0 Å². The second-order valence-electron chi connectivity index (χ2n) is 1.24. The van der Waals surface area contributed by atoms with Crippen molar-refractivity contribution in [1.82, 2.24) is 0 Å². The van der Waals surface area contributed by atoms with Crippen LogP contribution < -0.4 is 0 Å². The summed E-state index contributed by atoms with van der Waals surface area (Å²) in [6.45, 7) is 0. The Bertz CT molecular complexity index is 163. The number of alkyl halides is 1. The Morgan fingerprint density at radius 2 is 2.10 bits per heavy atom. The highest BCUT2D eigenvalue weighted by molar-refractivity contribution is 6.17. The van der Waals surface area contributed by atoms with Gasteiger partial charge in [-0.1, -0.05) is 11.6 Å². The SMILES string of the molecule is O=C(O)C=CC(=O)OCCl. The summed E-state index contributed by atoms with van der Waals surface area (Å²) in [5, 5.41) is 8.00. The van der Waals surface area contributed by atoms with E-state index in [9.17, 15) is 9.59 Å². The fourth-order valence-electron chi connectivity index (χ4n) is 0.241. The van der Waals surface area contributed by atoms with Crippen molar-refractivity contribution in [2.24, 2.45) is 0 Å². The number of carboxylic acids is 1. The molecule has 0 aromatic rings. The Morgan fingerprint density at radius 1 is 1.50 bits per heavy atom. The normalized spacial score (nSPS) is 9.70. The average Bonchev–Trinajstić information content (AvgIpc) is 1.85. The van der Waals surface area contributed by atoms with Gasteiger partial charge in [0.1, 0.15) is 0 Å². The molecule has 0 saturated heterocycles. The molecule has 0 spiro atoms. The van der Waals surface area contributed by atoms with E-state index in [-0.39, 0.29) is 6.07 Å². The third kappa shape index (κ3) is 5.11. The second kappa shape index (κ2) is 4.81. The average molecular weight is 165 g/mol. The maximum Gasteiger partial charge on any atom is 0.332 e. The van der Waals surface area contributed by atoms with E-state index in [0.29, 0.717) is 6.08 Å². The van der Waals surface area contributed by atoms with Gasteiger partial charge in [-0.05, 0) is 0 Å². The molecule has 0 amide bonds. The number of halogens is 1. The van der Waals surface area contributed by atoms with Crippen LogP contribution in [0.3, 0.4) is 0 Å². The zero-order chi connectivity index (χ0) is 7.98. The number of ether oxygens (including phenoxy) is 1. The van der Waals surface area contributed by atoms with E-state index in [4.69, 9.17) is 16.7 Å². The summed E-state index contributed by atoms with van der Waals surface area (Å²) in [4.78, 5) is 20.1. The molecule has 0 rings (SSSR count). The predicted octanol–water partition coefficient (Wildman–Crippen LogP) is 0.367. The molecule has 5 heteroatoms. The van der Waals surface area contributed by atoms with Gasteiger partial charge in [0.25, 0.3) is 0 Å². The van der Waals surface area contributed by atoms with E-state index in [1.165, 1.54) is 0 Å². The molecule has 4 nitrogen and oxygen atoms in total. The first-order valence-electron chi connectivity index (χ1n) is 2.30. The van der Waals surface area contributed by atoms with Gasteiger partial charge in [-0.2, -0.15) is 0 Å². The Morgan fingerprint density at radius 3 is 2.50 bits per heavy atom. The Kier molecular flexibility index (Phi) is 4.32. The number of aliphatic carboxylic acids is 1. The minimum absolute atomic E-state index is 0.275. The monoisotopic (exact) mass is 164 g/mol. The standard InChI is InChI=1S/C5H5ClO4/c6-3-10-5(9)2-1-4(7)8/h1-2H,3H2,(H,7,8). The molecule has 0 unspecified atom stereocenters. The van der Waals surface area contributed by atoms with Crippen LogP contribution in [-0.2, 0) is 14.3 Å². The summed E-state index contributed by atoms with van der Waals surface area (Å²) in [6, 6.07) is -0.275. The maximum atomic E-state index is 10.3. The van der Waals surface area contributed by atoms with Crippen LogP contribution in [0.2, 0.25) is 0 Å². The van der Waals surface area contributed by atoms with Gasteiger partial charge in [0, 0.05) is 12.2 Å². The van der Waals surface area contributed by atoms with Crippen LogP contribution in [0.1, 0.15) is 0 Å². The van der Waals surface area contributed by atoms with Crippen LogP contribution in [0.25, 0.3) is 0 Å². The first-order chi connectivity index (χ1) is 4.66. The van der Waals surface area contributed by atoms with Crippen molar-refractivity contribution >= 4 is 23.5 Å². The molecule has 0 heterocycles. The van der Waals surface area contributed by atoms with Crippen molar-refractivity contribution in [3.8, 4) is 0 Å². The highest BCUT2D eigenvalue weighted by atomic mass is 35.5. The quantitative estimate of drug-likeness (QED) is 0.372. The lowest BCUT2D eigenvalue weighted by molar-refractivity contribution is -0.137. The minimum Gasteiger partial charge on any atom is -0.478 e. The van der Waals surface area contributed by atoms with Crippen LogP contribution in [0.4, 0.5) is 0 Å². The summed E-state index contributed by atoms with van der Waals surface area (Å²) in [5.74, 6) is -1.97. The fourth-order valence-corrected chi connectivity index (χ4v) is 0.349. The fraction of sp³-hybridized carbons (Fsp3) is 0.200. The van der Waals surface area contributed by atoms with Gasteiger partial charge in [-0.25, -0.2) is 9.59 Å².